The molecule has 2 atom stereocenters. The van der Waals surface area contributed by atoms with Gasteiger partial charge in [0.25, 0.3) is 0 Å². The Morgan fingerprint density at radius 3 is 0.803 bits per heavy atom. The molecule has 0 bridgehead atoms. The number of carbonyl (C=O) groups excluding carboxylic acids is 2. The smallest absolute Gasteiger partial charge is 0.305 e. The Morgan fingerprint density at radius 1 is 0.316 bits per heavy atom. The van der Waals surface area contributed by atoms with Crippen LogP contribution in [0.15, 0.2) is 0 Å². The minimum atomic E-state index is -0.659. The minimum Gasteiger partial charge on any atom is -0.466 e. The first kappa shape index (κ1) is 74.9. The molecular weight excluding hydrogens is 935 g/mol. The molecule has 6 nitrogen and oxygen atoms in total. The Bertz CT molecular complexity index is 1100. The molecule has 0 aromatic carbocycles. The largest absolute Gasteiger partial charge is 0.466 e. The van der Waals surface area contributed by atoms with E-state index in [1.807, 2.05) is 0 Å². The monoisotopic (exact) mass is 1070 g/mol. The minimum absolute atomic E-state index is 0.0254. The molecule has 76 heavy (non-hydrogen) atoms. The number of carbonyl (C=O) groups is 2. The number of hydrogen-bond donors (Lipinski definition) is 3. The summed E-state index contributed by atoms with van der Waals surface area (Å²) in [5.74, 6) is -0.00433. The second-order valence-corrected chi connectivity index (χ2v) is 24.6. The van der Waals surface area contributed by atoms with Crippen LogP contribution >= 0.6 is 0 Å². The standard InChI is InChI=1S/C70H139NO5/c1-3-5-7-9-11-13-15-16-17-18-30-34-37-40-44-48-52-56-60-64-70(75)76-65-61-57-53-49-45-41-38-35-32-29-27-25-23-21-19-20-22-24-26-28-31-33-36-39-43-47-51-55-59-63-69(74)71-67(66-72)68(73)62-58-54-50-46-42-14-12-10-8-6-4-2/h67-68,72-73H,3-66H2,1-2H3,(H,71,74). The summed E-state index contributed by atoms with van der Waals surface area (Å²) >= 11 is 0. The van der Waals surface area contributed by atoms with E-state index in [1.165, 1.54) is 340 Å². The van der Waals surface area contributed by atoms with Crippen LogP contribution in [0.4, 0.5) is 0 Å². The van der Waals surface area contributed by atoms with Crippen molar-refractivity contribution >= 4 is 11.9 Å². The zero-order chi connectivity index (χ0) is 55.0. The highest BCUT2D eigenvalue weighted by atomic mass is 16.5. The number of hydrogen-bond acceptors (Lipinski definition) is 5. The number of amides is 1. The fourth-order valence-electron chi connectivity index (χ4n) is 11.5. The summed E-state index contributed by atoms with van der Waals surface area (Å²) < 4.78 is 5.52. The van der Waals surface area contributed by atoms with Crippen molar-refractivity contribution in [3.8, 4) is 0 Å². The van der Waals surface area contributed by atoms with Crippen molar-refractivity contribution in [2.45, 2.75) is 424 Å². The number of ether oxygens (including phenoxy) is 1. The fourth-order valence-corrected chi connectivity index (χ4v) is 11.5. The number of esters is 1. The average Bonchev–Trinajstić information content (AvgIpc) is 3.42. The van der Waals surface area contributed by atoms with E-state index in [4.69, 9.17) is 4.74 Å². The van der Waals surface area contributed by atoms with Gasteiger partial charge in [-0.05, 0) is 25.7 Å². The lowest BCUT2D eigenvalue weighted by Gasteiger charge is -2.22. The van der Waals surface area contributed by atoms with Crippen LogP contribution in [-0.2, 0) is 14.3 Å². The molecule has 0 aliphatic heterocycles. The molecule has 0 aliphatic rings. The van der Waals surface area contributed by atoms with Crippen LogP contribution < -0.4 is 5.32 Å². The maximum Gasteiger partial charge on any atom is 0.305 e. The molecule has 0 aliphatic carbocycles. The Morgan fingerprint density at radius 2 is 0.539 bits per heavy atom. The second kappa shape index (κ2) is 66.4. The zero-order valence-electron chi connectivity index (χ0n) is 52.0. The first-order valence-corrected chi connectivity index (χ1v) is 35.3. The summed E-state index contributed by atoms with van der Waals surface area (Å²) in [6.45, 7) is 4.99. The predicted octanol–water partition coefficient (Wildman–Crippen LogP) is 22.6. The molecule has 2 unspecified atom stereocenters. The van der Waals surface area contributed by atoms with E-state index in [-0.39, 0.29) is 18.5 Å². The third kappa shape index (κ3) is 62.1. The van der Waals surface area contributed by atoms with E-state index in [2.05, 4.69) is 19.2 Å². The highest BCUT2D eigenvalue weighted by Crippen LogP contribution is 2.20. The third-order valence-corrected chi connectivity index (χ3v) is 16.9. The highest BCUT2D eigenvalue weighted by molar-refractivity contribution is 5.76. The molecule has 454 valence electrons. The van der Waals surface area contributed by atoms with Gasteiger partial charge in [0.1, 0.15) is 0 Å². The van der Waals surface area contributed by atoms with Crippen LogP contribution in [0, 0.1) is 0 Å². The summed E-state index contributed by atoms with van der Waals surface area (Å²) in [6, 6.07) is -0.536. The van der Waals surface area contributed by atoms with Crippen molar-refractivity contribution in [3.05, 3.63) is 0 Å². The molecule has 0 aromatic heterocycles. The molecule has 0 saturated carbocycles. The molecule has 0 radical (unpaired) electrons. The van der Waals surface area contributed by atoms with Gasteiger partial charge in [-0.15, -0.1) is 0 Å². The van der Waals surface area contributed by atoms with Gasteiger partial charge in [0.2, 0.25) is 5.91 Å². The number of aliphatic hydroxyl groups is 2. The average molecular weight is 1070 g/mol. The fraction of sp³-hybridized carbons (Fsp3) is 0.971. The van der Waals surface area contributed by atoms with Gasteiger partial charge < -0.3 is 20.3 Å². The highest BCUT2D eigenvalue weighted by Gasteiger charge is 2.20. The Balaban J connectivity index is 3.28. The second-order valence-electron chi connectivity index (χ2n) is 24.6. The summed E-state index contributed by atoms with van der Waals surface area (Å²) in [7, 11) is 0. The Kier molecular flexibility index (Phi) is 65.4. The molecule has 3 N–H and O–H groups in total. The van der Waals surface area contributed by atoms with Gasteiger partial charge >= 0.3 is 5.97 Å². The van der Waals surface area contributed by atoms with E-state index < -0.39 is 12.1 Å². The van der Waals surface area contributed by atoms with Crippen molar-refractivity contribution in [3.63, 3.8) is 0 Å². The number of nitrogens with one attached hydrogen (secondary N) is 1. The lowest BCUT2D eigenvalue weighted by Crippen LogP contribution is -2.45. The number of rotatable bonds is 67. The third-order valence-electron chi connectivity index (χ3n) is 16.9. The van der Waals surface area contributed by atoms with Gasteiger partial charge in [0.15, 0.2) is 0 Å². The van der Waals surface area contributed by atoms with Crippen molar-refractivity contribution in [1.29, 1.82) is 0 Å². The first-order valence-electron chi connectivity index (χ1n) is 35.3. The maximum absolute atomic E-state index is 12.5. The van der Waals surface area contributed by atoms with Gasteiger partial charge in [-0.25, -0.2) is 0 Å². The van der Waals surface area contributed by atoms with Crippen molar-refractivity contribution in [2.24, 2.45) is 0 Å². The van der Waals surface area contributed by atoms with Crippen LogP contribution in [-0.4, -0.2) is 47.4 Å². The first-order chi connectivity index (χ1) is 37.5. The quantitative estimate of drug-likeness (QED) is 0.0417. The molecule has 6 heteroatoms. The number of aliphatic hydroxyl groups excluding tert-OH is 2. The molecule has 0 spiro atoms. The summed E-state index contributed by atoms with van der Waals surface area (Å²) in [5, 5.41) is 23.2. The van der Waals surface area contributed by atoms with E-state index in [9.17, 15) is 19.8 Å². The van der Waals surface area contributed by atoms with Crippen LogP contribution in [0.5, 0.6) is 0 Å². The SMILES string of the molecule is CCCCCCCCCCCCCCCCCCCCCC(=O)OCCCCCCCCCCCCCCCCCCCCCCCCCCCCCCCC(=O)NC(CO)C(O)CCCCCCCCCCCCC. The van der Waals surface area contributed by atoms with Crippen molar-refractivity contribution in [2.75, 3.05) is 13.2 Å². The van der Waals surface area contributed by atoms with Crippen molar-refractivity contribution in [1.82, 2.24) is 5.32 Å². The topological polar surface area (TPSA) is 95.9 Å². The molecule has 1 amide bonds. The van der Waals surface area contributed by atoms with E-state index in [0.717, 1.165) is 38.5 Å². The predicted molar refractivity (Wildman–Crippen MR) is 334 cm³/mol. The van der Waals surface area contributed by atoms with Gasteiger partial charge in [0, 0.05) is 12.8 Å². The van der Waals surface area contributed by atoms with Crippen LogP contribution in [0.1, 0.15) is 412 Å². The van der Waals surface area contributed by atoms with Crippen LogP contribution in [0.25, 0.3) is 0 Å². The molecule has 0 aromatic rings. The van der Waals surface area contributed by atoms with Gasteiger partial charge in [0.05, 0.1) is 25.4 Å². The maximum atomic E-state index is 12.5. The van der Waals surface area contributed by atoms with E-state index in [1.54, 1.807) is 0 Å². The number of unbranched alkanes of at least 4 members (excludes halogenated alkanes) is 56. The Labute approximate surface area is 476 Å². The molecule has 0 heterocycles. The molecular formula is C70H139NO5. The zero-order valence-corrected chi connectivity index (χ0v) is 52.0. The molecule has 0 fully saturated rings. The lowest BCUT2D eigenvalue weighted by atomic mass is 10.0. The van der Waals surface area contributed by atoms with Gasteiger partial charge in [-0.2, -0.15) is 0 Å². The van der Waals surface area contributed by atoms with Crippen molar-refractivity contribution < 1.29 is 24.5 Å². The summed E-state index contributed by atoms with van der Waals surface area (Å²) in [5.41, 5.74) is 0. The summed E-state index contributed by atoms with van der Waals surface area (Å²) in [6.07, 6.45) is 80.2. The Hall–Kier alpha value is -1.14. The van der Waals surface area contributed by atoms with Crippen LogP contribution in [0.3, 0.4) is 0 Å². The van der Waals surface area contributed by atoms with Gasteiger partial charge in [-0.1, -0.05) is 373 Å². The lowest BCUT2D eigenvalue weighted by molar-refractivity contribution is -0.143. The van der Waals surface area contributed by atoms with Gasteiger partial charge in [-0.3, -0.25) is 9.59 Å². The van der Waals surface area contributed by atoms with E-state index in [0.29, 0.717) is 25.9 Å². The molecule has 0 saturated heterocycles. The molecule has 0 rings (SSSR count). The summed E-state index contributed by atoms with van der Waals surface area (Å²) in [4.78, 5) is 24.6. The van der Waals surface area contributed by atoms with Crippen LogP contribution in [0.2, 0.25) is 0 Å². The van der Waals surface area contributed by atoms with E-state index >= 15 is 0 Å². The normalized spacial score (nSPS) is 12.4.